The number of aromatic carboxylic acids is 1. The van der Waals surface area contributed by atoms with Crippen LogP contribution in [0.15, 0.2) is 59.9 Å². The highest BCUT2D eigenvalue weighted by Gasteiger charge is 2.48. The van der Waals surface area contributed by atoms with E-state index in [2.05, 4.69) is 5.32 Å². The second kappa shape index (κ2) is 9.87. The van der Waals surface area contributed by atoms with Gasteiger partial charge in [0.25, 0.3) is 0 Å². The molecule has 2 aromatic carbocycles. The van der Waals surface area contributed by atoms with Crippen molar-refractivity contribution >= 4 is 11.9 Å². The Morgan fingerprint density at radius 2 is 1.71 bits per heavy atom. The number of aliphatic hydroxyl groups is 1. The number of carbonyl (C=O) groups is 2. The maximum Gasteiger partial charge on any atom is 0.356 e. The SMILES string of the molecule is CCOC(=O)C1=C(C(C)(C)O)NC(C)(OCC)N1Cc1ccc(-c2ccccc2C(=O)O)cc1. The maximum absolute atomic E-state index is 13.0. The van der Waals surface area contributed by atoms with Crippen molar-refractivity contribution in [3.05, 3.63) is 71.1 Å². The van der Waals surface area contributed by atoms with Gasteiger partial charge in [0.2, 0.25) is 5.85 Å². The van der Waals surface area contributed by atoms with Gasteiger partial charge in [-0.1, -0.05) is 42.5 Å². The summed E-state index contributed by atoms with van der Waals surface area (Å²) >= 11 is 0. The molecule has 1 heterocycles. The molecule has 0 aliphatic carbocycles. The lowest BCUT2D eigenvalue weighted by atomic mass is 9.98. The summed E-state index contributed by atoms with van der Waals surface area (Å²) in [5.41, 5.74) is 1.69. The molecule has 1 unspecified atom stereocenters. The molecular formula is C26H32N2O6. The number of nitrogens with one attached hydrogen (secondary N) is 1. The smallest absolute Gasteiger partial charge is 0.356 e. The molecule has 1 aliphatic heterocycles. The average Bonchev–Trinajstić information content (AvgIpc) is 3.07. The van der Waals surface area contributed by atoms with E-state index in [0.29, 0.717) is 17.9 Å². The lowest BCUT2D eigenvalue weighted by Crippen LogP contribution is -2.53. The standard InChI is InChI=1S/C26H32N2O6/c1-6-33-24(31)21-22(25(3,4)32)27-26(5,34-7-2)28(21)16-17-12-14-18(15-13-17)19-10-8-9-11-20(19)23(29)30/h8-15,27,32H,6-7,16H2,1-5H3,(H,29,30). The number of carbonyl (C=O) groups excluding carboxylic acids is 1. The molecule has 8 heteroatoms. The maximum atomic E-state index is 13.0. The minimum Gasteiger partial charge on any atom is -0.478 e. The molecule has 0 fully saturated rings. The molecule has 182 valence electrons. The molecule has 0 saturated heterocycles. The van der Waals surface area contributed by atoms with Crippen molar-refractivity contribution in [3.63, 3.8) is 0 Å². The average molecular weight is 469 g/mol. The summed E-state index contributed by atoms with van der Waals surface area (Å²) in [5.74, 6) is -2.62. The van der Waals surface area contributed by atoms with E-state index in [-0.39, 0.29) is 24.4 Å². The Labute approximate surface area is 199 Å². The Morgan fingerprint density at radius 3 is 2.26 bits per heavy atom. The van der Waals surface area contributed by atoms with Crippen LogP contribution in [0.1, 0.15) is 50.5 Å². The fourth-order valence-electron chi connectivity index (χ4n) is 4.08. The largest absolute Gasteiger partial charge is 0.478 e. The minimum absolute atomic E-state index is 0.193. The first-order valence-corrected chi connectivity index (χ1v) is 11.3. The van der Waals surface area contributed by atoms with Gasteiger partial charge in [0.1, 0.15) is 11.3 Å². The Bertz CT molecular complexity index is 1090. The third kappa shape index (κ3) is 5.08. The highest BCUT2D eigenvalue weighted by Crippen LogP contribution is 2.36. The quantitative estimate of drug-likeness (QED) is 0.478. The van der Waals surface area contributed by atoms with E-state index in [0.717, 1.165) is 11.1 Å². The fraction of sp³-hybridized carbons (Fsp3) is 0.385. The fourth-order valence-corrected chi connectivity index (χ4v) is 4.08. The van der Waals surface area contributed by atoms with Gasteiger partial charge >= 0.3 is 11.9 Å². The molecule has 0 amide bonds. The van der Waals surface area contributed by atoms with Crippen LogP contribution < -0.4 is 5.32 Å². The molecule has 1 atom stereocenters. The topological polar surface area (TPSA) is 108 Å². The number of carboxylic acid groups (broad SMARTS) is 1. The molecule has 2 aromatic rings. The van der Waals surface area contributed by atoms with Gasteiger partial charge in [-0.25, -0.2) is 9.59 Å². The first-order chi connectivity index (χ1) is 16.0. The van der Waals surface area contributed by atoms with E-state index in [9.17, 15) is 19.8 Å². The number of benzene rings is 2. The van der Waals surface area contributed by atoms with Gasteiger partial charge in [0, 0.05) is 20.1 Å². The van der Waals surface area contributed by atoms with Crippen LogP contribution in [-0.4, -0.2) is 51.7 Å². The zero-order valence-electron chi connectivity index (χ0n) is 20.2. The Hall–Kier alpha value is -3.36. The van der Waals surface area contributed by atoms with Crippen LogP contribution in [-0.2, 0) is 20.8 Å². The lowest BCUT2D eigenvalue weighted by Gasteiger charge is -2.37. The van der Waals surface area contributed by atoms with Crippen LogP contribution in [0.4, 0.5) is 0 Å². The number of esters is 1. The molecule has 0 aromatic heterocycles. The molecule has 34 heavy (non-hydrogen) atoms. The van der Waals surface area contributed by atoms with Gasteiger partial charge < -0.3 is 29.9 Å². The van der Waals surface area contributed by atoms with Crippen LogP contribution in [0.2, 0.25) is 0 Å². The van der Waals surface area contributed by atoms with Crippen LogP contribution >= 0.6 is 0 Å². The third-order valence-corrected chi connectivity index (χ3v) is 5.65. The minimum atomic E-state index is -1.33. The van der Waals surface area contributed by atoms with Gasteiger partial charge in [-0.3, -0.25) is 0 Å². The summed E-state index contributed by atoms with van der Waals surface area (Å²) in [4.78, 5) is 26.3. The van der Waals surface area contributed by atoms with Gasteiger partial charge in [0.05, 0.1) is 17.9 Å². The first-order valence-electron chi connectivity index (χ1n) is 11.3. The third-order valence-electron chi connectivity index (χ3n) is 5.65. The Balaban J connectivity index is 2.00. The number of nitrogens with zero attached hydrogens (tertiary/aromatic N) is 1. The predicted molar refractivity (Wildman–Crippen MR) is 128 cm³/mol. The molecule has 0 spiro atoms. The van der Waals surface area contributed by atoms with E-state index in [1.165, 1.54) is 0 Å². The number of carboxylic acids is 1. The highest BCUT2D eigenvalue weighted by atomic mass is 16.5. The van der Waals surface area contributed by atoms with Gasteiger partial charge in [0.15, 0.2) is 0 Å². The molecule has 8 nitrogen and oxygen atoms in total. The van der Waals surface area contributed by atoms with E-state index in [1.807, 2.05) is 31.2 Å². The zero-order valence-corrected chi connectivity index (χ0v) is 20.2. The van der Waals surface area contributed by atoms with Crippen molar-refractivity contribution in [3.8, 4) is 11.1 Å². The summed E-state index contributed by atoms with van der Waals surface area (Å²) in [7, 11) is 0. The van der Waals surface area contributed by atoms with E-state index >= 15 is 0 Å². The molecule has 3 rings (SSSR count). The number of hydrogen-bond donors (Lipinski definition) is 3. The van der Waals surface area contributed by atoms with Gasteiger partial charge in [-0.15, -0.1) is 0 Å². The zero-order chi connectivity index (χ0) is 25.1. The van der Waals surface area contributed by atoms with Crippen molar-refractivity contribution in [2.75, 3.05) is 13.2 Å². The van der Waals surface area contributed by atoms with Crippen molar-refractivity contribution in [2.24, 2.45) is 0 Å². The summed E-state index contributed by atoms with van der Waals surface area (Å²) < 4.78 is 11.3. The molecule has 0 bridgehead atoms. The van der Waals surface area contributed by atoms with Crippen LogP contribution in [0, 0.1) is 0 Å². The van der Waals surface area contributed by atoms with Crippen LogP contribution in [0.25, 0.3) is 11.1 Å². The molecule has 0 radical (unpaired) electrons. The molecule has 1 aliphatic rings. The number of ether oxygens (including phenoxy) is 2. The van der Waals surface area contributed by atoms with Crippen molar-refractivity contribution in [2.45, 2.75) is 52.6 Å². The van der Waals surface area contributed by atoms with E-state index < -0.39 is 23.4 Å². The van der Waals surface area contributed by atoms with Gasteiger partial charge in [-0.05, 0) is 50.5 Å². The van der Waals surface area contributed by atoms with E-state index in [1.54, 1.807) is 56.9 Å². The molecule has 0 saturated carbocycles. The van der Waals surface area contributed by atoms with Crippen LogP contribution in [0.5, 0.6) is 0 Å². The summed E-state index contributed by atoms with van der Waals surface area (Å²) in [6.07, 6.45) is 0. The van der Waals surface area contributed by atoms with Crippen LogP contribution in [0.3, 0.4) is 0 Å². The van der Waals surface area contributed by atoms with Crippen molar-refractivity contribution in [1.29, 1.82) is 0 Å². The summed E-state index contributed by atoms with van der Waals surface area (Å²) in [6.45, 7) is 9.43. The molecular weight excluding hydrogens is 436 g/mol. The first kappa shape index (κ1) is 25.3. The number of rotatable bonds is 9. The Morgan fingerprint density at radius 1 is 1.06 bits per heavy atom. The van der Waals surface area contributed by atoms with Gasteiger partial charge in [-0.2, -0.15) is 0 Å². The second-order valence-electron chi connectivity index (χ2n) is 8.68. The lowest BCUT2D eigenvalue weighted by molar-refractivity contribution is -0.154. The normalized spacial score (nSPS) is 18.1. The predicted octanol–water partition coefficient (Wildman–Crippen LogP) is 3.71. The summed E-state index contributed by atoms with van der Waals surface area (Å²) in [5, 5.41) is 23.5. The molecule has 3 N–H and O–H groups in total. The summed E-state index contributed by atoms with van der Waals surface area (Å²) in [6, 6.07) is 14.3. The van der Waals surface area contributed by atoms with Crippen molar-refractivity contribution in [1.82, 2.24) is 10.2 Å². The monoisotopic (exact) mass is 468 g/mol. The number of hydrogen-bond acceptors (Lipinski definition) is 7. The van der Waals surface area contributed by atoms with E-state index in [4.69, 9.17) is 9.47 Å². The highest BCUT2D eigenvalue weighted by molar-refractivity contribution is 5.96. The van der Waals surface area contributed by atoms with Crippen molar-refractivity contribution < 1.29 is 29.3 Å². The second-order valence-corrected chi connectivity index (χ2v) is 8.68. The Kier molecular flexibility index (Phi) is 7.33.